The summed E-state index contributed by atoms with van der Waals surface area (Å²) >= 11 is 0. The fourth-order valence-corrected chi connectivity index (χ4v) is 3.24. The zero-order chi connectivity index (χ0) is 19.2. The number of carbonyl (C=O) groups excluding carboxylic acids is 2. The number of anilines is 2. The SMILES string of the molecule is O=C(C[NH+]1CCC(C(=O)Nc2ccccc2)CC1)Nc1ccc(F)c(F)c1. The van der Waals surface area contributed by atoms with E-state index in [-0.39, 0.29) is 30.0 Å². The molecule has 0 unspecified atom stereocenters. The number of nitrogens with one attached hydrogen (secondary N) is 3. The molecular weight excluding hydrogens is 352 g/mol. The van der Waals surface area contributed by atoms with Crippen LogP contribution in [0.15, 0.2) is 48.5 Å². The van der Waals surface area contributed by atoms with Gasteiger partial charge < -0.3 is 15.5 Å². The third kappa shape index (κ3) is 5.34. The number of piperidine rings is 1. The minimum absolute atomic E-state index is 0.00601. The molecule has 2 aromatic carbocycles. The van der Waals surface area contributed by atoms with E-state index in [9.17, 15) is 18.4 Å². The molecule has 1 aliphatic heterocycles. The van der Waals surface area contributed by atoms with Gasteiger partial charge in [0.2, 0.25) is 5.91 Å². The number of halogens is 2. The van der Waals surface area contributed by atoms with Gasteiger partial charge in [0.05, 0.1) is 13.1 Å². The van der Waals surface area contributed by atoms with E-state index in [0.717, 1.165) is 22.7 Å². The number of amides is 2. The van der Waals surface area contributed by atoms with E-state index in [1.54, 1.807) is 0 Å². The molecule has 3 N–H and O–H groups in total. The van der Waals surface area contributed by atoms with Crippen LogP contribution in [0.25, 0.3) is 0 Å². The number of para-hydroxylation sites is 1. The Hall–Kier alpha value is -2.80. The standard InChI is InChI=1S/C20H21F2N3O2/c21-17-7-6-16(12-18(17)22)23-19(26)13-25-10-8-14(9-11-25)20(27)24-15-4-2-1-3-5-15/h1-7,12,14H,8-11,13H2,(H,23,26)(H,24,27)/p+1. The summed E-state index contributed by atoms with van der Waals surface area (Å²) < 4.78 is 26.1. The molecule has 1 fully saturated rings. The number of rotatable bonds is 5. The molecule has 0 saturated carbocycles. The molecule has 3 rings (SSSR count). The van der Waals surface area contributed by atoms with Crippen molar-refractivity contribution in [2.45, 2.75) is 12.8 Å². The molecule has 0 radical (unpaired) electrons. The van der Waals surface area contributed by atoms with Gasteiger partial charge in [0.25, 0.3) is 5.91 Å². The second-order valence-electron chi connectivity index (χ2n) is 6.73. The molecular formula is C20H22F2N3O2+. The van der Waals surface area contributed by atoms with Crippen LogP contribution >= 0.6 is 0 Å². The van der Waals surface area contributed by atoms with Gasteiger partial charge >= 0.3 is 0 Å². The van der Waals surface area contributed by atoms with Crippen LogP contribution in [-0.2, 0) is 9.59 Å². The van der Waals surface area contributed by atoms with Crippen LogP contribution in [-0.4, -0.2) is 31.4 Å². The van der Waals surface area contributed by atoms with E-state index in [1.165, 1.54) is 6.07 Å². The fraction of sp³-hybridized carbons (Fsp3) is 0.300. The largest absolute Gasteiger partial charge is 0.327 e. The number of hydrogen-bond donors (Lipinski definition) is 3. The lowest BCUT2D eigenvalue weighted by Gasteiger charge is -2.28. The second-order valence-corrected chi connectivity index (χ2v) is 6.73. The van der Waals surface area contributed by atoms with Crippen LogP contribution in [0.1, 0.15) is 12.8 Å². The third-order valence-corrected chi connectivity index (χ3v) is 4.72. The van der Waals surface area contributed by atoms with E-state index >= 15 is 0 Å². The van der Waals surface area contributed by atoms with Crippen molar-refractivity contribution < 1.29 is 23.3 Å². The summed E-state index contributed by atoms with van der Waals surface area (Å²) in [6, 6.07) is 12.6. The predicted molar refractivity (Wildman–Crippen MR) is 98.3 cm³/mol. The minimum Gasteiger partial charge on any atom is -0.327 e. The topological polar surface area (TPSA) is 62.6 Å². The lowest BCUT2D eigenvalue weighted by Crippen LogP contribution is -3.14. The lowest BCUT2D eigenvalue weighted by atomic mass is 9.96. The predicted octanol–water partition coefficient (Wildman–Crippen LogP) is 1.84. The summed E-state index contributed by atoms with van der Waals surface area (Å²) in [5.74, 6) is -2.27. The Labute approximate surface area is 156 Å². The van der Waals surface area contributed by atoms with Crippen molar-refractivity contribution in [1.82, 2.24) is 0 Å². The van der Waals surface area contributed by atoms with Crippen molar-refractivity contribution >= 4 is 23.2 Å². The maximum atomic E-state index is 13.2. The molecule has 1 aliphatic rings. The van der Waals surface area contributed by atoms with Gasteiger partial charge in [0, 0.05) is 36.2 Å². The first-order chi connectivity index (χ1) is 13.0. The zero-order valence-electron chi connectivity index (χ0n) is 14.8. The Morgan fingerprint density at radius 3 is 2.30 bits per heavy atom. The highest BCUT2D eigenvalue weighted by atomic mass is 19.2. The quantitative estimate of drug-likeness (QED) is 0.748. The van der Waals surface area contributed by atoms with Crippen molar-refractivity contribution in [3.63, 3.8) is 0 Å². The van der Waals surface area contributed by atoms with Gasteiger partial charge in [-0.1, -0.05) is 18.2 Å². The van der Waals surface area contributed by atoms with Gasteiger partial charge in [-0.15, -0.1) is 0 Å². The van der Waals surface area contributed by atoms with Crippen LogP contribution in [0.5, 0.6) is 0 Å². The summed E-state index contributed by atoms with van der Waals surface area (Å²) in [6.45, 7) is 1.64. The number of quaternary nitrogens is 1. The number of carbonyl (C=O) groups is 2. The van der Waals surface area contributed by atoms with Crippen LogP contribution in [0, 0.1) is 17.6 Å². The average Bonchev–Trinajstić information content (AvgIpc) is 2.66. The molecule has 0 bridgehead atoms. The molecule has 1 saturated heterocycles. The normalized spacial score (nSPS) is 19.3. The average molecular weight is 374 g/mol. The Bertz CT molecular complexity index is 806. The van der Waals surface area contributed by atoms with Gasteiger partial charge in [-0.2, -0.15) is 0 Å². The highest BCUT2D eigenvalue weighted by Gasteiger charge is 2.28. The molecule has 0 atom stereocenters. The highest BCUT2D eigenvalue weighted by molar-refractivity contribution is 5.92. The second kappa shape index (κ2) is 8.73. The molecule has 7 heteroatoms. The molecule has 2 amide bonds. The molecule has 142 valence electrons. The van der Waals surface area contributed by atoms with Crippen LogP contribution < -0.4 is 15.5 Å². The van der Waals surface area contributed by atoms with Gasteiger partial charge in [-0.3, -0.25) is 9.59 Å². The summed E-state index contributed by atoms with van der Waals surface area (Å²) in [5, 5.41) is 5.49. The molecule has 27 heavy (non-hydrogen) atoms. The summed E-state index contributed by atoms with van der Waals surface area (Å²) in [7, 11) is 0. The van der Waals surface area contributed by atoms with Gasteiger partial charge in [0.1, 0.15) is 0 Å². The first-order valence-corrected chi connectivity index (χ1v) is 8.95. The minimum atomic E-state index is -0.995. The van der Waals surface area contributed by atoms with Crippen molar-refractivity contribution in [3.8, 4) is 0 Å². The first-order valence-electron chi connectivity index (χ1n) is 8.95. The Morgan fingerprint density at radius 1 is 0.926 bits per heavy atom. The van der Waals surface area contributed by atoms with Crippen molar-refractivity contribution in [2.24, 2.45) is 5.92 Å². The van der Waals surface area contributed by atoms with Crippen LogP contribution in [0.4, 0.5) is 20.2 Å². The lowest BCUT2D eigenvalue weighted by molar-refractivity contribution is -0.897. The molecule has 0 aliphatic carbocycles. The number of likely N-dealkylation sites (tertiary alicyclic amines) is 1. The Morgan fingerprint density at radius 2 is 1.63 bits per heavy atom. The van der Waals surface area contributed by atoms with Crippen molar-refractivity contribution in [3.05, 3.63) is 60.2 Å². The van der Waals surface area contributed by atoms with E-state index in [2.05, 4.69) is 10.6 Å². The third-order valence-electron chi connectivity index (χ3n) is 4.72. The Kier molecular flexibility index (Phi) is 6.13. The summed E-state index contributed by atoms with van der Waals surface area (Å²) in [5.41, 5.74) is 1.01. The maximum Gasteiger partial charge on any atom is 0.279 e. The van der Waals surface area contributed by atoms with E-state index < -0.39 is 11.6 Å². The van der Waals surface area contributed by atoms with Gasteiger partial charge in [-0.05, 0) is 24.3 Å². The van der Waals surface area contributed by atoms with Gasteiger partial charge in [-0.25, -0.2) is 8.78 Å². The molecule has 0 spiro atoms. The van der Waals surface area contributed by atoms with E-state index in [1.807, 2.05) is 30.3 Å². The number of benzene rings is 2. The maximum absolute atomic E-state index is 13.2. The summed E-state index contributed by atoms with van der Waals surface area (Å²) in [4.78, 5) is 25.5. The smallest absolute Gasteiger partial charge is 0.279 e. The molecule has 2 aromatic rings. The monoisotopic (exact) mass is 374 g/mol. The highest BCUT2D eigenvalue weighted by Crippen LogP contribution is 2.15. The van der Waals surface area contributed by atoms with Gasteiger partial charge in [0.15, 0.2) is 18.2 Å². The first kappa shape index (κ1) is 19.0. The molecule has 1 heterocycles. The Balaban J connectivity index is 1.44. The van der Waals surface area contributed by atoms with Crippen LogP contribution in [0.2, 0.25) is 0 Å². The van der Waals surface area contributed by atoms with E-state index in [4.69, 9.17) is 0 Å². The van der Waals surface area contributed by atoms with Crippen LogP contribution in [0.3, 0.4) is 0 Å². The van der Waals surface area contributed by atoms with E-state index in [0.29, 0.717) is 25.9 Å². The molecule has 0 aromatic heterocycles. The summed E-state index contributed by atoms with van der Waals surface area (Å²) in [6.07, 6.45) is 1.40. The number of hydrogen-bond acceptors (Lipinski definition) is 2. The molecule has 5 nitrogen and oxygen atoms in total. The zero-order valence-corrected chi connectivity index (χ0v) is 14.8. The van der Waals surface area contributed by atoms with Crippen molar-refractivity contribution in [1.29, 1.82) is 0 Å². The fourth-order valence-electron chi connectivity index (χ4n) is 3.24. The van der Waals surface area contributed by atoms with Crippen molar-refractivity contribution in [2.75, 3.05) is 30.3 Å².